The van der Waals surface area contributed by atoms with Gasteiger partial charge in [-0.3, -0.25) is 0 Å². The maximum absolute atomic E-state index is 10.4. The molecule has 1 rings (SSSR count). The van der Waals surface area contributed by atoms with Crippen molar-refractivity contribution in [1.29, 1.82) is 0 Å². The van der Waals surface area contributed by atoms with Gasteiger partial charge in [-0.2, -0.15) is 5.10 Å². The Bertz CT molecular complexity index is 425. The maximum atomic E-state index is 10.4. The lowest BCUT2D eigenvalue weighted by molar-refractivity contribution is 0.249. The largest absolute Gasteiger partial charge is 0.350 e. The predicted molar refractivity (Wildman–Crippen MR) is 72.2 cm³/mol. The number of rotatable bonds is 2. The zero-order valence-corrected chi connectivity index (χ0v) is 11.8. The number of primary amides is 1. The van der Waals surface area contributed by atoms with E-state index in [0.29, 0.717) is 5.02 Å². The lowest BCUT2D eigenvalue weighted by Gasteiger charge is -2.02. The topological polar surface area (TPSA) is 67.5 Å². The molecule has 4 nitrogen and oxygen atoms in total. The Hall–Kier alpha value is -0.340. The Morgan fingerprint density at radius 2 is 2.33 bits per heavy atom. The van der Waals surface area contributed by atoms with E-state index >= 15 is 0 Å². The molecule has 0 unspecified atom stereocenters. The lowest BCUT2D eigenvalue weighted by atomic mass is 10.2. The quantitative estimate of drug-likeness (QED) is 0.340. The van der Waals surface area contributed by atoms with Gasteiger partial charge in [-0.05, 0) is 50.7 Å². The summed E-state index contributed by atoms with van der Waals surface area (Å²) in [5.74, 6) is 0. The second-order valence-electron chi connectivity index (χ2n) is 2.53. The molecule has 0 aliphatic heterocycles. The molecule has 0 spiro atoms. The average Bonchev–Trinajstić information content (AvgIpc) is 2.12. The zero-order chi connectivity index (χ0) is 11.4. The SMILES string of the molecule is NC(=O)NN=Cc1cc(Cl)cc(I)c1Br. The van der Waals surface area contributed by atoms with Gasteiger partial charge in [-0.25, -0.2) is 10.2 Å². The fourth-order valence-electron chi connectivity index (χ4n) is 0.835. The molecule has 3 N–H and O–H groups in total. The third kappa shape index (κ3) is 3.96. The van der Waals surface area contributed by atoms with Gasteiger partial charge < -0.3 is 5.73 Å². The van der Waals surface area contributed by atoms with Gasteiger partial charge in [0.05, 0.1) is 6.21 Å². The van der Waals surface area contributed by atoms with Crippen LogP contribution in [0.3, 0.4) is 0 Å². The summed E-state index contributed by atoms with van der Waals surface area (Å²) in [6.45, 7) is 0. The van der Waals surface area contributed by atoms with Gasteiger partial charge in [0.25, 0.3) is 0 Å². The van der Waals surface area contributed by atoms with E-state index < -0.39 is 6.03 Å². The monoisotopic (exact) mass is 401 g/mol. The number of nitrogens with zero attached hydrogens (tertiary/aromatic N) is 1. The van der Waals surface area contributed by atoms with Crippen molar-refractivity contribution in [2.75, 3.05) is 0 Å². The Morgan fingerprint density at radius 1 is 1.67 bits per heavy atom. The minimum absolute atomic E-state index is 0.600. The minimum Gasteiger partial charge on any atom is -0.350 e. The van der Waals surface area contributed by atoms with Gasteiger partial charge in [-0.15, -0.1) is 0 Å². The fraction of sp³-hybridized carbons (Fsp3) is 0. The van der Waals surface area contributed by atoms with Crippen LogP contribution in [0.15, 0.2) is 21.7 Å². The highest BCUT2D eigenvalue weighted by atomic mass is 127. The third-order valence-corrected chi connectivity index (χ3v) is 4.09. The molecule has 1 aromatic rings. The van der Waals surface area contributed by atoms with Gasteiger partial charge in [0.1, 0.15) is 0 Å². The molecular weight excluding hydrogens is 396 g/mol. The van der Waals surface area contributed by atoms with E-state index in [-0.39, 0.29) is 0 Å². The highest BCUT2D eigenvalue weighted by Crippen LogP contribution is 2.26. The first-order valence-corrected chi connectivity index (χ1v) is 5.98. The third-order valence-electron chi connectivity index (χ3n) is 1.40. The summed E-state index contributed by atoms with van der Waals surface area (Å²) >= 11 is 11.4. The Labute approximate surface area is 114 Å². The predicted octanol–water partition coefficient (Wildman–Crippen LogP) is 2.71. The normalized spacial score (nSPS) is 10.6. The summed E-state index contributed by atoms with van der Waals surface area (Å²) < 4.78 is 1.82. The van der Waals surface area contributed by atoms with Crippen molar-refractivity contribution < 1.29 is 4.79 Å². The van der Waals surface area contributed by atoms with Gasteiger partial charge in [0.2, 0.25) is 0 Å². The molecule has 0 aliphatic rings. The molecule has 0 bridgehead atoms. The van der Waals surface area contributed by atoms with Crippen LogP contribution in [0.1, 0.15) is 5.56 Å². The lowest BCUT2D eigenvalue weighted by Crippen LogP contribution is -2.24. The number of amides is 2. The van der Waals surface area contributed by atoms with E-state index in [1.54, 1.807) is 6.07 Å². The molecule has 0 heterocycles. The summed E-state index contributed by atoms with van der Waals surface area (Å²) in [6.07, 6.45) is 1.46. The smallest absolute Gasteiger partial charge is 0.332 e. The van der Waals surface area contributed by atoms with E-state index in [2.05, 4.69) is 49.0 Å². The zero-order valence-electron chi connectivity index (χ0n) is 7.30. The highest BCUT2D eigenvalue weighted by Gasteiger charge is 2.03. The number of halogens is 3. The second kappa shape index (κ2) is 5.66. The van der Waals surface area contributed by atoms with E-state index in [0.717, 1.165) is 13.6 Å². The van der Waals surface area contributed by atoms with Crippen LogP contribution in [-0.2, 0) is 0 Å². The number of carbonyl (C=O) groups is 1. The second-order valence-corrected chi connectivity index (χ2v) is 4.92. The standard InChI is InChI=1S/C8H6BrClIN3O/c9-7-4(3-13-14-8(12)15)1-5(10)2-6(7)11/h1-3H,(H3,12,14,15). The first-order chi connectivity index (χ1) is 7.00. The number of nitrogens with two attached hydrogens (primary N) is 1. The number of hydrogen-bond donors (Lipinski definition) is 2. The molecular formula is C8H6BrClIN3O. The molecule has 0 fully saturated rings. The van der Waals surface area contributed by atoms with E-state index in [1.165, 1.54) is 6.21 Å². The molecule has 80 valence electrons. The number of nitrogens with one attached hydrogen (secondary N) is 1. The number of hydrogen-bond acceptors (Lipinski definition) is 2. The Kier molecular flexibility index (Phi) is 4.81. The summed E-state index contributed by atoms with van der Waals surface area (Å²) in [6, 6.07) is 2.82. The molecule has 2 amide bonds. The highest BCUT2D eigenvalue weighted by molar-refractivity contribution is 14.1. The number of carbonyl (C=O) groups excluding carboxylic acids is 1. The van der Waals surface area contributed by atoms with Crippen molar-refractivity contribution in [2.24, 2.45) is 10.8 Å². The summed E-state index contributed by atoms with van der Waals surface area (Å²) in [4.78, 5) is 10.4. The van der Waals surface area contributed by atoms with E-state index in [4.69, 9.17) is 17.3 Å². The number of hydrazone groups is 1. The van der Waals surface area contributed by atoms with Crippen molar-refractivity contribution in [3.63, 3.8) is 0 Å². The first kappa shape index (κ1) is 12.7. The van der Waals surface area contributed by atoms with Crippen LogP contribution in [-0.4, -0.2) is 12.2 Å². The Morgan fingerprint density at radius 3 is 2.93 bits per heavy atom. The van der Waals surface area contributed by atoms with Gasteiger partial charge in [-0.1, -0.05) is 11.6 Å². The Balaban J connectivity index is 2.94. The van der Waals surface area contributed by atoms with Crippen LogP contribution < -0.4 is 11.2 Å². The molecule has 0 aliphatic carbocycles. The van der Waals surface area contributed by atoms with Gasteiger partial charge in [0.15, 0.2) is 0 Å². The van der Waals surface area contributed by atoms with Crippen molar-refractivity contribution in [3.8, 4) is 0 Å². The minimum atomic E-state index is -0.709. The van der Waals surface area contributed by atoms with Crippen LogP contribution in [0.2, 0.25) is 5.02 Å². The van der Waals surface area contributed by atoms with Crippen LogP contribution in [0.4, 0.5) is 4.79 Å². The van der Waals surface area contributed by atoms with E-state index in [1.807, 2.05) is 6.07 Å². The molecule has 0 aromatic heterocycles. The number of benzene rings is 1. The van der Waals surface area contributed by atoms with Crippen molar-refractivity contribution in [1.82, 2.24) is 5.43 Å². The molecule has 15 heavy (non-hydrogen) atoms. The van der Waals surface area contributed by atoms with Crippen LogP contribution in [0.25, 0.3) is 0 Å². The maximum Gasteiger partial charge on any atom is 0.332 e. The fourth-order valence-corrected chi connectivity index (χ4v) is 2.22. The molecule has 0 radical (unpaired) electrons. The molecule has 0 saturated heterocycles. The molecule has 0 saturated carbocycles. The van der Waals surface area contributed by atoms with Gasteiger partial charge in [0, 0.05) is 18.6 Å². The van der Waals surface area contributed by atoms with E-state index in [9.17, 15) is 4.79 Å². The van der Waals surface area contributed by atoms with Crippen LogP contribution in [0.5, 0.6) is 0 Å². The molecule has 0 atom stereocenters. The first-order valence-electron chi connectivity index (χ1n) is 3.73. The summed E-state index contributed by atoms with van der Waals surface area (Å²) in [7, 11) is 0. The van der Waals surface area contributed by atoms with Crippen LogP contribution in [0, 0.1) is 3.57 Å². The summed E-state index contributed by atoms with van der Waals surface area (Å²) in [5.41, 5.74) is 7.72. The summed E-state index contributed by atoms with van der Waals surface area (Å²) in [5, 5.41) is 4.24. The van der Waals surface area contributed by atoms with Crippen molar-refractivity contribution >= 4 is 62.4 Å². The van der Waals surface area contributed by atoms with Crippen LogP contribution >= 0.6 is 50.1 Å². The number of urea groups is 1. The van der Waals surface area contributed by atoms with Crippen molar-refractivity contribution in [2.45, 2.75) is 0 Å². The molecule has 7 heteroatoms. The van der Waals surface area contributed by atoms with Crippen molar-refractivity contribution in [3.05, 3.63) is 30.8 Å². The average molecular weight is 402 g/mol. The van der Waals surface area contributed by atoms with Gasteiger partial charge >= 0.3 is 6.03 Å². The molecule has 1 aromatic carbocycles.